The lowest BCUT2D eigenvalue weighted by molar-refractivity contribution is 0.0936. The minimum Gasteiger partial charge on any atom is -0.348 e. The first-order chi connectivity index (χ1) is 11.8. The fourth-order valence-corrected chi connectivity index (χ4v) is 4.37. The van der Waals surface area contributed by atoms with Gasteiger partial charge in [0.25, 0.3) is 5.91 Å². The van der Waals surface area contributed by atoms with Crippen molar-refractivity contribution < 1.29 is 4.79 Å². The Balaban J connectivity index is 0.00000182. The second-order valence-corrected chi connectivity index (χ2v) is 7.27. The average Bonchev–Trinajstić information content (AvgIpc) is 3.10. The molecule has 2 aromatic rings. The zero-order valence-corrected chi connectivity index (χ0v) is 15.4. The molecule has 1 amide bonds. The van der Waals surface area contributed by atoms with E-state index in [0.717, 1.165) is 41.9 Å². The van der Waals surface area contributed by atoms with Gasteiger partial charge in [0.2, 0.25) is 0 Å². The van der Waals surface area contributed by atoms with E-state index in [1.807, 2.05) is 30.3 Å². The molecule has 0 bridgehead atoms. The zero-order chi connectivity index (χ0) is 16.4. The number of nitrogens with one attached hydrogen (secondary N) is 1. The number of carbonyl (C=O) groups is 1. The molecule has 1 heterocycles. The first kappa shape index (κ1) is 18.2. The summed E-state index contributed by atoms with van der Waals surface area (Å²) in [7, 11) is 0. The van der Waals surface area contributed by atoms with Gasteiger partial charge >= 0.3 is 0 Å². The number of likely N-dealkylation sites (tertiary alicyclic amines) is 1. The van der Waals surface area contributed by atoms with E-state index in [4.69, 9.17) is 0 Å². The van der Waals surface area contributed by atoms with E-state index in [1.165, 1.54) is 32.1 Å². The molecule has 1 aliphatic carbocycles. The second kappa shape index (κ2) is 8.20. The number of nitrogens with zero attached hydrogens (tertiary/aromatic N) is 1. The normalized spacial score (nSPS) is 21.8. The van der Waals surface area contributed by atoms with Crippen LogP contribution in [0.5, 0.6) is 0 Å². The van der Waals surface area contributed by atoms with E-state index in [9.17, 15) is 4.79 Å². The summed E-state index contributed by atoms with van der Waals surface area (Å²) in [6.07, 6.45) is 7.88. The third kappa shape index (κ3) is 3.99. The fraction of sp³-hybridized carbons (Fsp3) is 0.476. The molecular weight excluding hydrogens is 332 g/mol. The topological polar surface area (TPSA) is 32.3 Å². The number of amides is 1. The van der Waals surface area contributed by atoms with Crippen molar-refractivity contribution in [1.29, 1.82) is 0 Å². The Morgan fingerprint density at radius 2 is 1.72 bits per heavy atom. The molecule has 1 N–H and O–H groups in total. The molecule has 0 aromatic heterocycles. The number of carbonyl (C=O) groups excluding carboxylic acids is 1. The van der Waals surface area contributed by atoms with Gasteiger partial charge in [-0.2, -0.15) is 0 Å². The Labute approximate surface area is 156 Å². The number of rotatable bonds is 3. The lowest BCUT2D eigenvalue weighted by atomic mass is 9.94. The monoisotopic (exact) mass is 358 g/mol. The van der Waals surface area contributed by atoms with E-state index in [2.05, 4.69) is 22.3 Å². The maximum Gasteiger partial charge on any atom is 0.252 e. The molecule has 0 radical (unpaired) electrons. The number of benzene rings is 2. The minimum absolute atomic E-state index is 0. The van der Waals surface area contributed by atoms with Gasteiger partial charge in [0.05, 0.1) is 0 Å². The Bertz CT molecular complexity index is 721. The van der Waals surface area contributed by atoms with Crippen LogP contribution in [0.25, 0.3) is 10.8 Å². The fourth-order valence-electron chi connectivity index (χ4n) is 4.37. The van der Waals surface area contributed by atoms with Crippen LogP contribution in [-0.2, 0) is 0 Å². The predicted octanol–water partition coefficient (Wildman–Crippen LogP) is 4.40. The lowest BCUT2D eigenvalue weighted by Gasteiger charge is -2.31. The molecule has 3 nitrogen and oxygen atoms in total. The standard InChI is InChI=1S/C21H26N2O.ClH/c24-21(20-12-6-8-16-7-4-5-11-19(16)20)22-17-13-14-23(15-17)18-9-2-1-3-10-18;/h4-8,11-12,17-18H,1-3,9-10,13-15H2,(H,22,24);1H. The summed E-state index contributed by atoms with van der Waals surface area (Å²) in [6, 6.07) is 15.1. The molecule has 1 atom stereocenters. The molecule has 2 aliphatic rings. The molecule has 4 rings (SSSR count). The maximum absolute atomic E-state index is 12.8. The second-order valence-electron chi connectivity index (χ2n) is 7.27. The highest BCUT2D eigenvalue weighted by Gasteiger charge is 2.30. The molecule has 4 heteroatoms. The summed E-state index contributed by atoms with van der Waals surface area (Å²) in [5.41, 5.74) is 0.796. The Morgan fingerprint density at radius 1 is 0.960 bits per heavy atom. The predicted molar refractivity (Wildman–Crippen MR) is 106 cm³/mol. The summed E-state index contributed by atoms with van der Waals surface area (Å²) in [6.45, 7) is 2.15. The van der Waals surface area contributed by atoms with Crippen LogP contribution in [0.3, 0.4) is 0 Å². The van der Waals surface area contributed by atoms with Gasteiger partial charge in [0, 0.05) is 30.7 Å². The number of hydrogen-bond acceptors (Lipinski definition) is 2. The zero-order valence-electron chi connectivity index (χ0n) is 14.6. The van der Waals surface area contributed by atoms with Crippen molar-refractivity contribution >= 4 is 29.1 Å². The van der Waals surface area contributed by atoms with Crippen LogP contribution in [0.15, 0.2) is 42.5 Å². The first-order valence-corrected chi connectivity index (χ1v) is 9.34. The smallest absolute Gasteiger partial charge is 0.252 e. The molecule has 1 saturated heterocycles. The van der Waals surface area contributed by atoms with Crippen LogP contribution in [0.1, 0.15) is 48.9 Å². The largest absolute Gasteiger partial charge is 0.348 e. The highest BCUT2D eigenvalue weighted by atomic mass is 35.5. The summed E-state index contributed by atoms with van der Waals surface area (Å²) in [4.78, 5) is 15.4. The van der Waals surface area contributed by atoms with Crippen LogP contribution >= 0.6 is 12.4 Å². The third-order valence-electron chi connectivity index (χ3n) is 5.68. The van der Waals surface area contributed by atoms with Crippen molar-refractivity contribution in [3.05, 3.63) is 48.0 Å². The van der Waals surface area contributed by atoms with Crippen molar-refractivity contribution in [2.75, 3.05) is 13.1 Å². The van der Waals surface area contributed by atoms with Crippen molar-refractivity contribution in [2.45, 2.75) is 50.6 Å². The van der Waals surface area contributed by atoms with Crippen LogP contribution in [0, 0.1) is 0 Å². The molecule has 1 unspecified atom stereocenters. The van der Waals surface area contributed by atoms with Gasteiger partial charge in [0.1, 0.15) is 0 Å². The molecule has 2 fully saturated rings. The van der Waals surface area contributed by atoms with E-state index in [0.29, 0.717) is 6.04 Å². The van der Waals surface area contributed by atoms with Crippen molar-refractivity contribution in [3.8, 4) is 0 Å². The van der Waals surface area contributed by atoms with Gasteiger partial charge in [-0.3, -0.25) is 9.69 Å². The SMILES string of the molecule is Cl.O=C(NC1CCN(C2CCCCC2)C1)c1cccc2ccccc12. The Morgan fingerprint density at radius 3 is 2.56 bits per heavy atom. The summed E-state index contributed by atoms with van der Waals surface area (Å²) < 4.78 is 0. The summed E-state index contributed by atoms with van der Waals surface area (Å²) >= 11 is 0. The number of halogens is 1. The number of fused-ring (bicyclic) bond motifs is 1. The van der Waals surface area contributed by atoms with Crippen molar-refractivity contribution in [2.24, 2.45) is 0 Å². The molecular formula is C21H27ClN2O. The van der Waals surface area contributed by atoms with Gasteiger partial charge in [-0.1, -0.05) is 55.7 Å². The third-order valence-corrected chi connectivity index (χ3v) is 5.68. The highest BCUT2D eigenvalue weighted by Crippen LogP contribution is 2.26. The van der Waals surface area contributed by atoms with Gasteiger partial charge in [0.15, 0.2) is 0 Å². The Kier molecular flexibility index (Phi) is 5.98. The minimum atomic E-state index is 0. The molecule has 25 heavy (non-hydrogen) atoms. The van der Waals surface area contributed by atoms with E-state index < -0.39 is 0 Å². The van der Waals surface area contributed by atoms with E-state index in [1.54, 1.807) is 0 Å². The van der Waals surface area contributed by atoms with Gasteiger partial charge in [-0.25, -0.2) is 0 Å². The molecule has 134 valence electrons. The quantitative estimate of drug-likeness (QED) is 0.882. The van der Waals surface area contributed by atoms with Gasteiger partial charge in [-0.05, 0) is 36.1 Å². The molecule has 1 saturated carbocycles. The molecule has 1 aliphatic heterocycles. The average molecular weight is 359 g/mol. The van der Waals surface area contributed by atoms with Gasteiger partial charge < -0.3 is 5.32 Å². The van der Waals surface area contributed by atoms with Crippen molar-refractivity contribution in [1.82, 2.24) is 10.2 Å². The van der Waals surface area contributed by atoms with E-state index >= 15 is 0 Å². The molecule has 0 spiro atoms. The first-order valence-electron chi connectivity index (χ1n) is 9.34. The summed E-state index contributed by atoms with van der Waals surface area (Å²) in [5, 5.41) is 5.44. The highest BCUT2D eigenvalue weighted by molar-refractivity contribution is 6.07. The summed E-state index contributed by atoms with van der Waals surface area (Å²) in [5.74, 6) is 0.0716. The van der Waals surface area contributed by atoms with Crippen LogP contribution in [-0.4, -0.2) is 36.0 Å². The number of hydrogen-bond donors (Lipinski definition) is 1. The van der Waals surface area contributed by atoms with E-state index in [-0.39, 0.29) is 18.3 Å². The van der Waals surface area contributed by atoms with Crippen LogP contribution < -0.4 is 5.32 Å². The van der Waals surface area contributed by atoms with Gasteiger partial charge in [-0.15, -0.1) is 12.4 Å². The lowest BCUT2D eigenvalue weighted by Crippen LogP contribution is -2.40. The Hall–Kier alpha value is -1.58. The maximum atomic E-state index is 12.8. The van der Waals surface area contributed by atoms with Crippen LogP contribution in [0.4, 0.5) is 0 Å². The van der Waals surface area contributed by atoms with Crippen LogP contribution in [0.2, 0.25) is 0 Å². The van der Waals surface area contributed by atoms with Crippen molar-refractivity contribution in [3.63, 3.8) is 0 Å². The molecule has 2 aromatic carbocycles.